The van der Waals surface area contributed by atoms with Gasteiger partial charge in [-0.25, -0.2) is 0 Å². The Labute approximate surface area is 133 Å². The highest BCUT2D eigenvalue weighted by molar-refractivity contribution is 8.00. The average molecular weight is 308 g/mol. The van der Waals surface area contributed by atoms with E-state index in [2.05, 4.69) is 55.7 Å². The Kier molecular flexibility index (Phi) is 8.47. The van der Waals surface area contributed by atoms with E-state index in [-0.39, 0.29) is 11.2 Å². The van der Waals surface area contributed by atoms with Gasteiger partial charge in [0, 0.05) is 24.0 Å². The highest BCUT2D eigenvalue weighted by Gasteiger charge is 2.13. The van der Waals surface area contributed by atoms with Gasteiger partial charge in [-0.3, -0.25) is 4.79 Å². The van der Waals surface area contributed by atoms with Crippen molar-refractivity contribution in [2.24, 2.45) is 0 Å². The minimum absolute atomic E-state index is 0.0542. The Bertz CT molecular complexity index is 417. The topological polar surface area (TPSA) is 41.1 Å². The van der Waals surface area contributed by atoms with Crippen molar-refractivity contribution in [3.05, 3.63) is 29.8 Å². The van der Waals surface area contributed by atoms with Gasteiger partial charge in [-0.15, -0.1) is 11.8 Å². The fourth-order valence-electron chi connectivity index (χ4n) is 1.80. The zero-order chi connectivity index (χ0) is 15.7. The SMILES string of the molecule is CCCCNC(=O)C(C)Sc1ccc(CNC(C)C)cc1. The smallest absolute Gasteiger partial charge is 0.233 e. The lowest BCUT2D eigenvalue weighted by Crippen LogP contribution is -2.31. The van der Waals surface area contributed by atoms with Crippen molar-refractivity contribution >= 4 is 17.7 Å². The number of carbonyl (C=O) groups is 1. The van der Waals surface area contributed by atoms with E-state index in [1.807, 2.05) is 6.92 Å². The Morgan fingerprint density at radius 2 is 1.86 bits per heavy atom. The van der Waals surface area contributed by atoms with Crippen molar-refractivity contribution in [2.75, 3.05) is 6.54 Å². The number of hydrogen-bond donors (Lipinski definition) is 2. The molecular formula is C17H28N2OS. The lowest BCUT2D eigenvalue weighted by molar-refractivity contribution is -0.120. The molecule has 3 nitrogen and oxygen atoms in total. The van der Waals surface area contributed by atoms with Gasteiger partial charge in [0.1, 0.15) is 0 Å². The molecule has 0 aliphatic heterocycles. The van der Waals surface area contributed by atoms with Crippen LogP contribution < -0.4 is 10.6 Å². The summed E-state index contributed by atoms with van der Waals surface area (Å²) in [6.45, 7) is 10.0. The quantitative estimate of drug-likeness (QED) is 0.541. The maximum Gasteiger partial charge on any atom is 0.233 e. The van der Waals surface area contributed by atoms with Crippen molar-refractivity contribution < 1.29 is 4.79 Å². The van der Waals surface area contributed by atoms with E-state index in [0.29, 0.717) is 6.04 Å². The maximum atomic E-state index is 11.9. The fraction of sp³-hybridized carbons (Fsp3) is 0.588. The molecule has 0 saturated carbocycles. The molecule has 0 fully saturated rings. The summed E-state index contributed by atoms with van der Waals surface area (Å²) in [4.78, 5) is 13.1. The third-order valence-electron chi connectivity index (χ3n) is 3.15. The second kappa shape index (κ2) is 9.85. The molecule has 1 unspecified atom stereocenters. The molecule has 21 heavy (non-hydrogen) atoms. The predicted octanol–water partition coefficient (Wildman–Crippen LogP) is 3.58. The van der Waals surface area contributed by atoms with Crippen LogP contribution in [-0.4, -0.2) is 23.7 Å². The number of thioether (sulfide) groups is 1. The highest BCUT2D eigenvalue weighted by atomic mass is 32.2. The van der Waals surface area contributed by atoms with E-state index in [1.165, 1.54) is 5.56 Å². The van der Waals surface area contributed by atoms with E-state index >= 15 is 0 Å². The molecule has 0 aliphatic rings. The average Bonchev–Trinajstić information content (AvgIpc) is 2.46. The largest absolute Gasteiger partial charge is 0.355 e. The van der Waals surface area contributed by atoms with Crippen molar-refractivity contribution in [3.63, 3.8) is 0 Å². The molecule has 0 heterocycles. The van der Waals surface area contributed by atoms with Crippen LogP contribution in [0.2, 0.25) is 0 Å². The predicted molar refractivity (Wildman–Crippen MR) is 91.7 cm³/mol. The number of nitrogens with one attached hydrogen (secondary N) is 2. The number of benzene rings is 1. The van der Waals surface area contributed by atoms with Crippen LogP contribution in [0, 0.1) is 0 Å². The van der Waals surface area contributed by atoms with Crippen molar-refractivity contribution in [2.45, 2.75) is 63.3 Å². The molecule has 0 aromatic heterocycles. The maximum absolute atomic E-state index is 11.9. The summed E-state index contributed by atoms with van der Waals surface area (Å²) in [5, 5.41) is 6.32. The second-order valence-electron chi connectivity index (χ2n) is 5.58. The molecule has 0 saturated heterocycles. The molecule has 0 radical (unpaired) electrons. The summed E-state index contributed by atoms with van der Waals surface area (Å²) in [5.74, 6) is 0.124. The summed E-state index contributed by atoms with van der Waals surface area (Å²) in [7, 11) is 0. The molecule has 1 amide bonds. The molecule has 0 aliphatic carbocycles. The summed E-state index contributed by atoms with van der Waals surface area (Å²) in [6.07, 6.45) is 2.15. The molecule has 1 rings (SSSR count). The molecule has 0 bridgehead atoms. The van der Waals surface area contributed by atoms with Crippen LogP contribution in [0.15, 0.2) is 29.2 Å². The first kappa shape index (κ1) is 18.1. The minimum Gasteiger partial charge on any atom is -0.355 e. The lowest BCUT2D eigenvalue weighted by atomic mass is 10.2. The van der Waals surface area contributed by atoms with Gasteiger partial charge < -0.3 is 10.6 Å². The normalized spacial score (nSPS) is 12.4. The van der Waals surface area contributed by atoms with Gasteiger partial charge >= 0.3 is 0 Å². The van der Waals surface area contributed by atoms with Gasteiger partial charge in [-0.1, -0.05) is 39.3 Å². The molecule has 0 spiro atoms. The van der Waals surface area contributed by atoms with Gasteiger partial charge in [0.15, 0.2) is 0 Å². The molecule has 1 atom stereocenters. The van der Waals surface area contributed by atoms with E-state index < -0.39 is 0 Å². The standard InChI is InChI=1S/C17H28N2OS/c1-5-6-11-18-17(20)14(4)21-16-9-7-15(8-10-16)12-19-13(2)3/h7-10,13-14,19H,5-6,11-12H2,1-4H3,(H,18,20). The molecule has 1 aromatic rings. The van der Waals surface area contributed by atoms with Crippen molar-refractivity contribution in [1.82, 2.24) is 10.6 Å². The minimum atomic E-state index is -0.0542. The van der Waals surface area contributed by atoms with Gasteiger partial charge in [0.05, 0.1) is 5.25 Å². The Hall–Kier alpha value is -1.00. The van der Waals surface area contributed by atoms with Crippen molar-refractivity contribution in [3.8, 4) is 0 Å². The molecule has 118 valence electrons. The zero-order valence-electron chi connectivity index (χ0n) is 13.6. The lowest BCUT2D eigenvalue weighted by Gasteiger charge is -2.12. The number of hydrogen-bond acceptors (Lipinski definition) is 3. The first-order chi connectivity index (χ1) is 10.0. The summed E-state index contributed by atoms with van der Waals surface area (Å²) in [6, 6.07) is 8.93. The van der Waals surface area contributed by atoms with Crippen LogP contribution in [0.3, 0.4) is 0 Å². The Morgan fingerprint density at radius 3 is 2.43 bits per heavy atom. The molecule has 2 N–H and O–H groups in total. The highest BCUT2D eigenvalue weighted by Crippen LogP contribution is 2.23. The monoisotopic (exact) mass is 308 g/mol. The molecular weight excluding hydrogens is 280 g/mol. The number of unbranched alkanes of at least 4 members (excludes halogenated alkanes) is 1. The van der Waals surface area contributed by atoms with Crippen molar-refractivity contribution in [1.29, 1.82) is 0 Å². The van der Waals surface area contributed by atoms with Gasteiger partial charge in [-0.05, 0) is 31.0 Å². The van der Waals surface area contributed by atoms with Crippen LogP contribution >= 0.6 is 11.8 Å². The van der Waals surface area contributed by atoms with Gasteiger partial charge in [0.2, 0.25) is 5.91 Å². The number of amides is 1. The van der Waals surface area contributed by atoms with Crippen LogP contribution in [0.4, 0.5) is 0 Å². The van der Waals surface area contributed by atoms with E-state index in [1.54, 1.807) is 11.8 Å². The van der Waals surface area contributed by atoms with E-state index in [4.69, 9.17) is 0 Å². The third kappa shape index (κ3) is 7.53. The summed E-state index contributed by atoms with van der Waals surface area (Å²) in [5.41, 5.74) is 1.27. The fourth-order valence-corrected chi connectivity index (χ4v) is 2.69. The van der Waals surface area contributed by atoms with E-state index in [9.17, 15) is 4.79 Å². The zero-order valence-corrected chi connectivity index (χ0v) is 14.4. The first-order valence-corrected chi connectivity index (χ1v) is 8.67. The summed E-state index contributed by atoms with van der Waals surface area (Å²) < 4.78 is 0. The Balaban J connectivity index is 2.41. The molecule has 1 aromatic carbocycles. The van der Waals surface area contributed by atoms with Gasteiger partial charge in [-0.2, -0.15) is 0 Å². The third-order valence-corrected chi connectivity index (χ3v) is 4.26. The van der Waals surface area contributed by atoms with Crippen LogP contribution in [-0.2, 0) is 11.3 Å². The van der Waals surface area contributed by atoms with Crippen LogP contribution in [0.25, 0.3) is 0 Å². The number of rotatable bonds is 9. The van der Waals surface area contributed by atoms with Crippen LogP contribution in [0.5, 0.6) is 0 Å². The number of carbonyl (C=O) groups excluding carboxylic acids is 1. The van der Waals surface area contributed by atoms with Crippen LogP contribution in [0.1, 0.15) is 46.1 Å². The summed E-state index contributed by atoms with van der Waals surface area (Å²) >= 11 is 1.61. The second-order valence-corrected chi connectivity index (χ2v) is 7.00. The van der Waals surface area contributed by atoms with E-state index in [0.717, 1.165) is 30.8 Å². The Morgan fingerprint density at radius 1 is 1.19 bits per heavy atom. The first-order valence-electron chi connectivity index (χ1n) is 7.79. The molecule has 4 heteroatoms. The van der Waals surface area contributed by atoms with Gasteiger partial charge in [0.25, 0.3) is 0 Å².